The quantitative estimate of drug-likeness (QED) is 0.862. The fourth-order valence-electron chi connectivity index (χ4n) is 3.21. The van der Waals surface area contributed by atoms with Crippen molar-refractivity contribution in [2.75, 3.05) is 20.2 Å². The predicted octanol–water partition coefficient (Wildman–Crippen LogP) is 2.98. The predicted molar refractivity (Wildman–Crippen MR) is 84.2 cm³/mol. The maximum atomic E-state index is 12.9. The lowest BCUT2D eigenvalue weighted by Gasteiger charge is -2.34. The molecule has 1 aromatic carbocycles. The molecule has 118 valence electrons. The van der Waals surface area contributed by atoms with Crippen LogP contribution in [0.3, 0.4) is 0 Å². The van der Waals surface area contributed by atoms with Crippen LogP contribution < -0.4 is 4.74 Å². The van der Waals surface area contributed by atoms with Gasteiger partial charge in [0, 0.05) is 13.1 Å². The maximum absolute atomic E-state index is 12.9. The van der Waals surface area contributed by atoms with Crippen LogP contribution in [0.15, 0.2) is 17.0 Å². The van der Waals surface area contributed by atoms with E-state index in [4.69, 9.17) is 4.74 Å². The Hall–Kier alpha value is -1.07. The number of hydrogen-bond acceptors (Lipinski definition) is 3. The summed E-state index contributed by atoms with van der Waals surface area (Å²) in [5.41, 5.74) is 1.66. The van der Waals surface area contributed by atoms with Crippen molar-refractivity contribution < 1.29 is 13.2 Å². The first-order chi connectivity index (χ1) is 9.77. The van der Waals surface area contributed by atoms with Gasteiger partial charge in [-0.2, -0.15) is 4.31 Å². The molecule has 0 aliphatic carbocycles. The van der Waals surface area contributed by atoms with Gasteiger partial charge < -0.3 is 4.74 Å². The van der Waals surface area contributed by atoms with Crippen LogP contribution in [0.1, 0.15) is 31.4 Å². The first-order valence-corrected chi connectivity index (χ1v) is 8.85. The topological polar surface area (TPSA) is 46.6 Å². The summed E-state index contributed by atoms with van der Waals surface area (Å²) in [5, 5.41) is 0. The number of rotatable bonds is 3. The summed E-state index contributed by atoms with van der Waals surface area (Å²) < 4.78 is 32.8. The second-order valence-electron chi connectivity index (χ2n) is 6.28. The SMILES string of the molecule is COc1ccc(S(=O)(=O)N2C[C@H](C)C[C@H](C)C2)c(C)c1C. The molecule has 21 heavy (non-hydrogen) atoms. The smallest absolute Gasteiger partial charge is 0.243 e. The number of benzene rings is 1. The van der Waals surface area contributed by atoms with E-state index >= 15 is 0 Å². The molecule has 0 radical (unpaired) electrons. The van der Waals surface area contributed by atoms with Crippen LogP contribution in [0.5, 0.6) is 5.75 Å². The van der Waals surface area contributed by atoms with E-state index in [0.29, 0.717) is 29.8 Å². The van der Waals surface area contributed by atoms with Gasteiger partial charge in [-0.1, -0.05) is 13.8 Å². The van der Waals surface area contributed by atoms with Crippen LogP contribution in [0.2, 0.25) is 0 Å². The Morgan fingerprint density at radius 2 is 1.67 bits per heavy atom. The summed E-state index contributed by atoms with van der Waals surface area (Å²) in [6, 6.07) is 3.41. The Morgan fingerprint density at radius 1 is 1.10 bits per heavy atom. The Kier molecular flexibility index (Phi) is 4.63. The molecule has 1 heterocycles. The van der Waals surface area contributed by atoms with Gasteiger partial charge in [-0.25, -0.2) is 8.42 Å². The van der Waals surface area contributed by atoms with Crippen molar-refractivity contribution in [3.05, 3.63) is 23.3 Å². The molecule has 1 saturated heterocycles. The van der Waals surface area contributed by atoms with Crippen molar-refractivity contribution in [1.29, 1.82) is 0 Å². The van der Waals surface area contributed by atoms with Crippen molar-refractivity contribution in [2.24, 2.45) is 11.8 Å². The van der Waals surface area contributed by atoms with E-state index in [2.05, 4.69) is 13.8 Å². The molecule has 0 aromatic heterocycles. The monoisotopic (exact) mass is 311 g/mol. The summed E-state index contributed by atoms with van der Waals surface area (Å²) in [6.45, 7) is 9.19. The standard InChI is InChI=1S/C16H25NO3S/c1-11-8-12(2)10-17(9-11)21(18,19)16-7-6-15(20-5)13(3)14(16)4/h6-7,11-12H,8-10H2,1-5H3/t11-,12+. The zero-order valence-electron chi connectivity index (χ0n) is 13.5. The normalized spacial score (nSPS) is 24.0. The molecule has 0 N–H and O–H groups in total. The second kappa shape index (κ2) is 5.97. The fourth-order valence-corrected chi connectivity index (χ4v) is 5.17. The van der Waals surface area contributed by atoms with E-state index in [-0.39, 0.29) is 0 Å². The summed E-state index contributed by atoms with van der Waals surface area (Å²) in [4.78, 5) is 0.405. The molecule has 0 bridgehead atoms. The summed E-state index contributed by atoms with van der Waals surface area (Å²) in [7, 11) is -1.83. The molecule has 1 fully saturated rings. The highest BCUT2D eigenvalue weighted by molar-refractivity contribution is 7.89. The van der Waals surface area contributed by atoms with E-state index in [9.17, 15) is 8.42 Å². The van der Waals surface area contributed by atoms with Gasteiger partial charge in [0.25, 0.3) is 0 Å². The van der Waals surface area contributed by atoms with Crippen molar-refractivity contribution in [1.82, 2.24) is 4.31 Å². The highest BCUT2D eigenvalue weighted by Crippen LogP contribution is 2.31. The van der Waals surface area contributed by atoms with Crippen LogP contribution >= 0.6 is 0 Å². The third-order valence-corrected chi connectivity index (χ3v) is 6.34. The number of piperidine rings is 1. The average molecular weight is 311 g/mol. The van der Waals surface area contributed by atoms with Gasteiger partial charge >= 0.3 is 0 Å². The van der Waals surface area contributed by atoms with Crippen molar-refractivity contribution >= 4 is 10.0 Å². The van der Waals surface area contributed by atoms with Gasteiger partial charge in [0.1, 0.15) is 5.75 Å². The number of nitrogens with zero attached hydrogens (tertiary/aromatic N) is 1. The first-order valence-electron chi connectivity index (χ1n) is 7.41. The van der Waals surface area contributed by atoms with E-state index in [1.807, 2.05) is 13.8 Å². The maximum Gasteiger partial charge on any atom is 0.243 e. The zero-order chi connectivity index (χ0) is 15.8. The van der Waals surface area contributed by atoms with Crippen LogP contribution in [0.25, 0.3) is 0 Å². The minimum absolute atomic E-state index is 0.405. The van der Waals surface area contributed by atoms with Gasteiger partial charge in [-0.05, 0) is 55.4 Å². The number of sulfonamides is 1. The van der Waals surface area contributed by atoms with E-state index < -0.39 is 10.0 Å². The molecule has 0 unspecified atom stereocenters. The van der Waals surface area contributed by atoms with Gasteiger partial charge in [0.15, 0.2) is 0 Å². The van der Waals surface area contributed by atoms with Crippen LogP contribution in [-0.4, -0.2) is 32.9 Å². The van der Waals surface area contributed by atoms with Crippen LogP contribution in [0, 0.1) is 25.7 Å². The molecule has 0 saturated carbocycles. The Bertz CT molecular complexity index is 615. The molecule has 2 atom stereocenters. The Morgan fingerprint density at radius 3 is 2.19 bits per heavy atom. The lowest BCUT2D eigenvalue weighted by Crippen LogP contribution is -2.42. The van der Waals surface area contributed by atoms with Gasteiger partial charge in [-0.3, -0.25) is 0 Å². The largest absolute Gasteiger partial charge is 0.496 e. The van der Waals surface area contributed by atoms with E-state index in [1.54, 1.807) is 23.5 Å². The zero-order valence-corrected chi connectivity index (χ0v) is 14.3. The molecule has 1 aliphatic rings. The van der Waals surface area contributed by atoms with E-state index in [1.165, 1.54) is 0 Å². The molecule has 4 nitrogen and oxygen atoms in total. The molecular formula is C16H25NO3S. The van der Waals surface area contributed by atoms with Gasteiger partial charge in [-0.15, -0.1) is 0 Å². The lowest BCUT2D eigenvalue weighted by molar-refractivity contribution is 0.222. The molecular weight excluding hydrogens is 286 g/mol. The second-order valence-corrected chi connectivity index (χ2v) is 8.19. The number of ether oxygens (including phenoxy) is 1. The Labute approximate surface area is 128 Å². The summed E-state index contributed by atoms with van der Waals surface area (Å²) >= 11 is 0. The fraction of sp³-hybridized carbons (Fsp3) is 0.625. The van der Waals surface area contributed by atoms with E-state index in [0.717, 1.165) is 23.3 Å². The molecule has 0 spiro atoms. The highest BCUT2D eigenvalue weighted by atomic mass is 32.2. The lowest BCUT2D eigenvalue weighted by atomic mass is 9.94. The summed E-state index contributed by atoms with van der Waals surface area (Å²) in [5.74, 6) is 1.54. The number of methoxy groups -OCH3 is 1. The summed E-state index contributed by atoms with van der Waals surface area (Å²) in [6.07, 6.45) is 1.09. The average Bonchev–Trinajstić information content (AvgIpc) is 2.40. The van der Waals surface area contributed by atoms with Gasteiger partial charge in [0.05, 0.1) is 12.0 Å². The minimum atomic E-state index is -3.43. The van der Waals surface area contributed by atoms with Crippen LogP contribution in [0.4, 0.5) is 0 Å². The Balaban J connectivity index is 2.42. The minimum Gasteiger partial charge on any atom is -0.496 e. The number of hydrogen-bond donors (Lipinski definition) is 0. The van der Waals surface area contributed by atoms with Crippen molar-refractivity contribution in [3.63, 3.8) is 0 Å². The van der Waals surface area contributed by atoms with Crippen LogP contribution in [-0.2, 0) is 10.0 Å². The third kappa shape index (κ3) is 3.09. The third-order valence-electron chi connectivity index (χ3n) is 4.36. The van der Waals surface area contributed by atoms with Crippen molar-refractivity contribution in [2.45, 2.75) is 39.0 Å². The molecule has 2 rings (SSSR count). The highest BCUT2D eigenvalue weighted by Gasteiger charge is 2.32. The molecule has 1 aliphatic heterocycles. The van der Waals surface area contributed by atoms with Gasteiger partial charge in [0.2, 0.25) is 10.0 Å². The first kappa shape index (κ1) is 16.3. The molecule has 0 amide bonds. The molecule has 5 heteroatoms. The van der Waals surface area contributed by atoms with Crippen molar-refractivity contribution in [3.8, 4) is 5.75 Å². The molecule has 1 aromatic rings.